The number of benzene rings is 3. The fraction of sp³-hybridized carbons (Fsp3) is 0.400. The highest BCUT2D eigenvalue weighted by Gasteiger charge is 2.51. The van der Waals surface area contributed by atoms with Gasteiger partial charge < -0.3 is 19.5 Å². The molecule has 1 amide bonds. The van der Waals surface area contributed by atoms with Crippen LogP contribution < -0.4 is 15.0 Å². The van der Waals surface area contributed by atoms with Gasteiger partial charge in [-0.05, 0) is 130 Å². The fourth-order valence-electron chi connectivity index (χ4n) is 8.85. The van der Waals surface area contributed by atoms with Gasteiger partial charge in [-0.2, -0.15) is 0 Å². The highest BCUT2D eigenvalue weighted by atomic mass is 32.1. The van der Waals surface area contributed by atoms with Crippen molar-refractivity contribution in [2.75, 3.05) is 43.0 Å². The van der Waals surface area contributed by atoms with Crippen LogP contribution in [-0.4, -0.2) is 76.2 Å². The van der Waals surface area contributed by atoms with Crippen LogP contribution in [-0.2, 0) is 22.5 Å². The summed E-state index contributed by atoms with van der Waals surface area (Å²) in [5.74, 6) is 0.592. The van der Waals surface area contributed by atoms with Crippen LogP contribution in [0.1, 0.15) is 84.0 Å². The van der Waals surface area contributed by atoms with Crippen molar-refractivity contribution in [3.05, 3.63) is 101 Å². The van der Waals surface area contributed by atoms with Crippen molar-refractivity contribution < 1.29 is 29.0 Å². The van der Waals surface area contributed by atoms with Gasteiger partial charge in [-0.15, -0.1) is 0 Å². The lowest BCUT2D eigenvalue weighted by atomic mass is 9.57. The number of aromatic nitrogens is 2. The number of anilines is 2. The summed E-state index contributed by atoms with van der Waals surface area (Å²) in [6, 6.07) is 23.4. The first-order chi connectivity index (χ1) is 27.3. The number of nitrogens with zero attached hydrogens (tertiary/aromatic N) is 4. The van der Waals surface area contributed by atoms with Gasteiger partial charge in [-0.25, -0.2) is 14.8 Å². The molecule has 2 fully saturated rings. The second-order valence-electron chi connectivity index (χ2n) is 16.9. The minimum absolute atomic E-state index is 0.140. The van der Waals surface area contributed by atoms with Crippen molar-refractivity contribution in [3.63, 3.8) is 0 Å². The van der Waals surface area contributed by atoms with Gasteiger partial charge in [-0.1, -0.05) is 47.7 Å². The largest absolute Gasteiger partial charge is 0.493 e. The second kappa shape index (κ2) is 15.5. The van der Waals surface area contributed by atoms with Crippen LogP contribution >= 0.6 is 11.3 Å². The van der Waals surface area contributed by atoms with E-state index in [0.717, 1.165) is 64.2 Å². The molecule has 0 radical (unpaired) electrons. The molecule has 0 unspecified atom stereocenters. The van der Waals surface area contributed by atoms with E-state index in [0.29, 0.717) is 59.5 Å². The molecule has 4 heterocycles. The van der Waals surface area contributed by atoms with Crippen molar-refractivity contribution >= 4 is 50.3 Å². The van der Waals surface area contributed by atoms with Gasteiger partial charge in [0.2, 0.25) is 0 Å². The van der Waals surface area contributed by atoms with Gasteiger partial charge in [-0.3, -0.25) is 19.8 Å². The maximum Gasteiger partial charge on any atom is 0.358 e. The summed E-state index contributed by atoms with van der Waals surface area (Å²) < 4.78 is 13.3. The van der Waals surface area contributed by atoms with Crippen LogP contribution in [0.3, 0.4) is 0 Å². The molecule has 1 spiro atoms. The van der Waals surface area contributed by atoms with Crippen LogP contribution in [0.5, 0.6) is 5.75 Å². The van der Waals surface area contributed by atoms with E-state index in [2.05, 4.69) is 21.3 Å². The minimum Gasteiger partial charge on any atom is -0.493 e. The predicted molar refractivity (Wildman–Crippen MR) is 222 cm³/mol. The number of hydrogen-bond acceptors (Lipinski definition) is 10. The lowest BCUT2D eigenvalue weighted by Crippen LogP contribution is -2.62. The molecule has 1 aliphatic carbocycles. The summed E-state index contributed by atoms with van der Waals surface area (Å²) in [6.07, 6.45) is 5.07. The zero-order valence-corrected chi connectivity index (χ0v) is 33.8. The van der Waals surface area contributed by atoms with E-state index in [1.807, 2.05) is 99.3 Å². The molecule has 5 aromatic rings. The molecule has 2 aromatic heterocycles. The van der Waals surface area contributed by atoms with Crippen molar-refractivity contribution in [2.24, 2.45) is 11.3 Å². The first-order valence-corrected chi connectivity index (χ1v) is 20.6. The number of thiazole rings is 1. The number of rotatable bonds is 12. The maximum atomic E-state index is 13.9. The van der Waals surface area contributed by atoms with E-state index in [1.54, 1.807) is 0 Å². The average Bonchev–Trinajstić information content (AvgIpc) is 3.56. The second-order valence-corrected chi connectivity index (χ2v) is 17.9. The molecule has 296 valence electrons. The Bertz CT molecular complexity index is 2300. The number of carboxylic acid groups (broad SMARTS) is 1. The number of carbonyl (C=O) groups is 3. The fourth-order valence-corrected chi connectivity index (χ4v) is 9.71. The van der Waals surface area contributed by atoms with Crippen LogP contribution in [0.25, 0.3) is 21.3 Å². The average molecular weight is 788 g/mol. The van der Waals surface area contributed by atoms with Gasteiger partial charge in [0.1, 0.15) is 17.2 Å². The third kappa shape index (κ3) is 8.38. The topological polar surface area (TPSA) is 134 Å². The molecule has 0 atom stereocenters. The molecular weight excluding hydrogens is 739 g/mol. The Balaban J connectivity index is 0.971. The number of fused-ring (bicyclic) bond motifs is 2. The third-order valence-corrected chi connectivity index (χ3v) is 12.3. The maximum absolute atomic E-state index is 13.9. The number of aliphatic carboxylic acids is 1. The number of esters is 1. The van der Waals surface area contributed by atoms with Crippen LogP contribution in [0.2, 0.25) is 0 Å². The van der Waals surface area contributed by atoms with Crippen molar-refractivity contribution in [1.82, 2.24) is 14.9 Å². The minimum atomic E-state index is -0.754. The Hall–Kier alpha value is -5.33. The molecule has 2 aliphatic heterocycles. The Morgan fingerprint density at radius 2 is 1.75 bits per heavy atom. The summed E-state index contributed by atoms with van der Waals surface area (Å²) in [5.41, 5.74) is 5.75. The van der Waals surface area contributed by atoms with Crippen molar-refractivity contribution in [2.45, 2.75) is 71.9 Å². The summed E-state index contributed by atoms with van der Waals surface area (Å²) in [7, 11) is 0. The molecule has 0 bridgehead atoms. The molecule has 2 N–H and O–H groups in total. The zero-order chi connectivity index (χ0) is 39.9. The normalized spacial score (nSPS) is 16.5. The van der Waals surface area contributed by atoms with E-state index in [1.165, 1.54) is 24.2 Å². The molecule has 3 aromatic carbocycles. The number of ether oxygens (including phenoxy) is 2. The van der Waals surface area contributed by atoms with E-state index >= 15 is 0 Å². The third-order valence-electron chi connectivity index (χ3n) is 11.3. The molecular formula is C45H49N5O6S. The number of likely N-dealkylation sites (tertiary alicyclic amines) is 1. The molecule has 12 heteroatoms. The van der Waals surface area contributed by atoms with E-state index in [-0.39, 0.29) is 18.1 Å². The Morgan fingerprint density at radius 3 is 2.53 bits per heavy atom. The van der Waals surface area contributed by atoms with Gasteiger partial charge in [0.15, 0.2) is 10.8 Å². The number of amides is 1. The monoisotopic (exact) mass is 787 g/mol. The zero-order valence-electron chi connectivity index (χ0n) is 33.0. The van der Waals surface area contributed by atoms with E-state index in [9.17, 15) is 14.4 Å². The standard InChI is InChI=1S/C45H49N5O6S/c1-28-31(12-8-15-36(28)55-21-9-10-29-22-45(23-29)26-49(27-45)25-39(51)52)32-17-18-38(47-40(32)42(54)56-44(2,3)4)50-20-19-30-11-7-13-33(34(30)24-50)41(53)48-43-46-35-14-5-6-16-37(35)57-43/h5-8,11-18,29H,9-10,19-27H2,1-4H3,(H,51,52)(H,46,48,53). The van der Waals surface area contributed by atoms with Crippen LogP contribution in [0.4, 0.5) is 10.9 Å². The number of carbonyl (C=O) groups excluding carboxylic acids is 2. The molecule has 11 nitrogen and oxygen atoms in total. The predicted octanol–water partition coefficient (Wildman–Crippen LogP) is 8.39. The quantitative estimate of drug-likeness (QED) is 0.0938. The Morgan fingerprint density at radius 1 is 0.965 bits per heavy atom. The van der Waals surface area contributed by atoms with Crippen molar-refractivity contribution in [3.8, 4) is 16.9 Å². The Kier molecular flexibility index (Phi) is 10.5. The van der Waals surface area contributed by atoms with E-state index in [4.69, 9.17) is 19.6 Å². The molecule has 1 saturated heterocycles. The van der Waals surface area contributed by atoms with Crippen LogP contribution in [0.15, 0.2) is 72.8 Å². The van der Waals surface area contributed by atoms with Gasteiger partial charge in [0, 0.05) is 37.3 Å². The molecule has 3 aliphatic rings. The lowest BCUT2D eigenvalue weighted by molar-refractivity contribution is -0.147. The number of hydrogen-bond donors (Lipinski definition) is 2. The van der Waals surface area contributed by atoms with Gasteiger partial charge in [0.05, 0.1) is 23.4 Å². The first-order valence-electron chi connectivity index (χ1n) is 19.8. The smallest absolute Gasteiger partial charge is 0.358 e. The van der Waals surface area contributed by atoms with Gasteiger partial charge in [0.25, 0.3) is 5.91 Å². The summed E-state index contributed by atoms with van der Waals surface area (Å²) in [4.78, 5) is 52.3. The molecule has 57 heavy (non-hydrogen) atoms. The number of nitrogens with one attached hydrogen (secondary N) is 1. The number of pyridine rings is 1. The summed E-state index contributed by atoms with van der Waals surface area (Å²) >= 11 is 1.45. The highest BCUT2D eigenvalue weighted by Crippen LogP contribution is 2.53. The SMILES string of the molecule is Cc1c(OCCCC2CC3(C2)CN(CC(=O)O)C3)cccc1-c1ccc(N2CCc3cccc(C(=O)Nc4nc5ccccc5s4)c3C2)nc1C(=O)OC(C)(C)C. The van der Waals surface area contributed by atoms with Gasteiger partial charge >= 0.3 is 11.9 Å². The Labute approximate surface area is 337 Å². The lowest BCUT2D eigenvalue weighted by Gasteiger charge is -2.59. The van der Waals surface area contributed by atoms with E-state index < -0.39 is 17.5 Å². The molecule has 8 rings (SSSR count). The first kappa shape index (κ1) is 38.5. The molecule has 1 saturated carbocycles. The highest BCUT2D eigenvalue weighted by molar-refractivity contribution is 7.22. The van der Waals surface area contributed by atoms with Crippen molar-refractivity contribution in [1.29, 1.82) is 0 Å². The summed E-state index contributed by atoms with van der Waals surface area (Å²) in [5, 5.41) is 12.6. The number of carboxylic acids is 1. The summed E-state index contributed by atoms with van der Waals surface area (Å²) in [6.45, 7) is 11.2. The number of para-hydroxylation sites is 1. The van der Waals surface area contributed by atoms with Crippen LogP contribution in [0, 0.1) is 18.3 Å².